The summed E-state index contributed by atoms with van der Waals surface area (Å²) in [5.74, 6) is 0.879. The van der Waals surface area contributed by atoms with E-state index in [4.69, 9.17) is 10.9 Å². The van der Waals surface area contributed by atoms with Gasteiger partial charge >= 0.3 is 0 Å². The van der Waals surface area contributed by atoms with E-state index < -0.39 is 0 Å². The summed E-state index contributed by atoms with van der Waals surface area (Å²) in [6.07, 6.45) is 3.36. The van der Waals surface area contributed by atoms with E-state index in [-0.39, 0.29) is 5.84 Å². The summed E-state index contributed by atoms with van der Waals surface area (Å²) in [6.45, 7) is 0.950. The average Bonchev–Trinajstić information content (AvgIpc) is 2.19. The molecule has 0 atom stereocenters. The van der Waals surface area contributed by atoms with Crippen molar-refractivity contribution in [1.82, 2.24) is 14.9 Å². The van der Waals surface area contributed by atoms with Gasteiger partial charge in [-0.15, -0.1) is 0 Å². The van der Waals surface area contributed by atoms with E-state index in [2.05, 4.69) is 15.1 Å². The summed E-state index contributed by atoms with van der Waals surface area (Å²) >= 11 is 0. The van der Waals surface area contributed by atoms with Crippen molar-refractivity contribution in [3.05, 3.63) is 24.3 Å². The Bertz CT molecular complexity index is 300. The minimum atomic E-state index is 0.170. The van der Waals surface area contributed by atoms with Gasteiger partial charge in [0, 0.05) is 12.4 Å². The van der Waals surface area contributed by atoms with Gasteiger partial charge < -0.3 is 10.9 Å². The van der Waals surface area contributed by atoms with Crippen LogP contribution in [0.3, 0.4) is 0 Å². The quantitative estimate of drug-likeness (QED) is 0.297. The number of nitrogens with zero attached hydrogens (tertiary/aromatic N) is 4. The predicted octanol–water partition coefficient (Wildman–Crippen LogP) is -0.345. The summed E-state index contributed by atoms with van der Waals surface area (Å²) in [6, 6.07) is 1.76. The van der Waals surface area contributed by atoms with E-state index in [1.807, 2.05) is 11.9 Å². The molecule has 0 aliphatic heterocycles. The molecule has 0 saturated heterocycles. The second kappa shape index (κ2) is 5.13. The fourth-order valence-electron chi connectivity index (χ4n) is 1.02. The summed E-state index contributed by atoms with van der Waals surface area (Å²) in [4.78, 5) is 9.96. The number of rotatable bonds is 4. The minimum absolute atomic E-state index is 0.170. The maximum atomic E-state index is 8.35. The highest BCUT2D eigenvalue weighted by Gasteiger charge is 2.03. The number of amidine groups is 1. The molecule has 3 N–H and O–H groups in total. The molecule has 1 aromatic heterocycles. The van der Waals surface area contributed by atoms with Crippen LogP contribution in [-0.4, -0.2) is 39.5 Å². The lowest BCUT2D eigenvalue weighted by atomic mass is 10.4. The zero-order valence-corrected chi connectivity index (χ0v) is 7.96. The lowest BCUT2D eigenvalue weighted by molar-refractivity contribution is 0.307. The van der Waals surface area contributed by atoms with Gasteiger partial charge in [-0.25, -0.2) is 9.97 Å². The third-order valence-electron chi connectivity index (χ3n) is 1.59. The summed E-state index contributed by atoms with van der Waals surface area (Å²) in [5.41, 5.74) is 5.35. The third-order valence-corrected chi connectivity index (χ3v) is 1.59. The Morgan fingerprint density at radius 2 is 2.21 bits per heavy atom. The first kappa shape index (κ1) is 10.4. The van der Waals surface area contributed by atoms with Crippen LogP contribution in [-0.2, 0) is 6.54 Å². The zero-order valence-electron chi connectivity index (χ0n) is 7.96. The molecule has 0 bridgehead atoms. The first-order valence-electron chi connectivity index (χ1n) is 4.13. The fraction of sp³-hybridized carbons (Fsp3) is 0.375. The standard InChI is InChI=1S/C8H13N5O/c1-13(5-7(9)12-14)6-8-10-3-2-4-11-8/h2-4,14H,5-6H2,1H3,(H2,9,12). The van der Waals surface area contributed by atoms with E-state index in [0.29, 0.717) is 18.9 Å². The smallest absolute Gasteiger partial charge is 0.153 e. The topological polar surface area (TPSA) is 87.6 Å². The van der Waals surface area contributed by atoms with Gasteiger partial charge in [-0.1, -0.05) is 5.16 Å². The summed E-state index contributed by atoms with van der Waals surface area (Å²) < 4.78 is 0. The van der Waals surface area contributed by atoms with Crippen LogP contribution in [0.4, 0.5) is 0 Å². The lowest BCUT2D eigenvalue weighted by Crippen LogP contribution is -2.31. The molecule has 1 heterocycles. The Hall–Kier alpha value is -1.69. The Labute approximate surface area is 82.1 Å². The second-order valence-electron chi connectivity index (χ2n) is 2.93. The average molecular weight is 195 g/mol. The lowest BCUT2D eigenvalue weighted by Gasteiger charge is -2.13. The fourth-order valence-corrected chi connectivity index (χ4v) is 1.02. The van der Waals surface area contributed by atoms with Crippen molar-refractivity contribution in [2.24, 2.45) is 10.9 Å². The van der Waals surface area contributed by atoms with Crippen molar-refractivity contribution < 1.29 is 5.21 Å². The maximum Gasteiger partial charge on any atom is 0.153 e. The largest absolute Gasteiger partial charge is 0.409 e. The molecule has 0 unspecified atom stereocenters. The first-order chi connectivity index (χ1) is 6.72. The van der Waals surface area contributed by atoms with Crippen LogP contribution in [0, 0.1) is 0 Å². The van der Waals surface area contributed by atoms with E-state index in [9.17, 15) is 0 Å². The Morgan fingerprint density at radius 1 is 1.57 bits per heavy atom. The van der Waals surface area contributed by atoms with Gasteiger partial charge in [0.25, 0.3) is 0 Å². The van der Waals surface area contributed by atoms with Gasteiger partial charge in [0.05, 0.1) is 13.1 Å². The van der Waals surface area contributed by atoms with Crippen molar-refractivity contribution >= 4 is 5.84 Å². The van der Waals surface area contributed by atoms with E-state index in [1.54, 1.807) is 18.5 Å². The normalized spacial score (nSPS) is 12.0. The van der Waals surface area contributed by atoms with Crippen LogP contribution < -0.4 is 5.73 Å². The van der Waals surface area contributed by atoms with Crippen molar-refractivity contribution in [3.8, 4) is 0 Å². The molecule has 0 fully saturated rings. The van der Waals surface area contributed by atoms with E-state index in [0.717, 1.165) is 0 Å². The molecule has 0 spiro atoms. The molecule has 0 aliphatic rings. The molecule has 6 nitrogen and oxygen atoms in total. The maximum absolute atomic E-state index is 8.35. The van der Waals surface area contributed by atoms with Gasteiger partial charge in [-0.3, -0.25) is 4.90 Å². The molecule has 76 valence electrons. The van der Waals surface area contributed by atoms with Crippen LogP contribution >= 0.6 is 0 Å². The van der Waals surface area contributed by atoms with Crippen LogP contribution in [0.1, 0.15) is 5.82 Å². The molecule has 1 aromatic rings. The Kier molecular flexibility index (Phi) is 3.81. The van der Waals surface area contributed by atoms with Gasteiger partial charge in [-0.05, 0) is 13.1 Å². The van der Waals surface area contributed by atoms with Crippen LogP contribution in [0.25, 0.3) is 0 Å². The number of nitrogens with two attached hydrogens (primary N) is 1. The molecule has 0 radical (unpaired) electrons. The minimum Gasteiger partial charge on any atom is -0.409 e. The monoisotopic (exact) mass is 195 g/mol. The first-order valence-corrected chi connectivity index (χ1v) is 4.13. The number of oxime groups is 1. The SMILES string of the molecule is CN(CC(N)=NO)Cc1ncccn1. The number of hydrogen-bond donors (Lipinski definition) is 2. The zero-order chi connectivity index (χ0) is 10.4. The molecule has 1 rings (SSSR count). The van der Waals surface area contributed by atoms with Crippen molar-refractivity contribution in [2.75, 3.05) is 13.6 Å². The molecule has 0 aliphatic carbocycles. The van der Waals surface area contributed by atoms with E-state index >= 15 is 0 Å². The van der Waals surface area contributed by atoms with Gasteiger partial charge in [-0.2, -0.15) is 0 Å². The predicted molar refractivity (Wildman–Crippen MR) is 51.8 cm³/mol. The summed E-state index contributed by atoms with van der Waals surface area (Å²) in [7, 11) is 1.84. The number of likely N-dealkylation sites (N-methyl/N-ethyl adjacent to an activating group) is 1. The molecular weight excluding hydrogens is 182 g/mol. The van der Waals surface area contributed by atoms with Gasteiger partial charge in [0.1, 0.15) is 5.82 Å². The van der Waals surface area contributed by atoms with E-state index in [1.165, 1.54) is 0 Å². The second-order valence-corrected chi connectivity index (χ2v) is 2.93. The summed E-state index contributed by atoms with van der Waals surface area (Å²) in [5, 5.41) is 11.2. The number of hydrogen-bond acceptors (Lipinski definition) is 5. The Balaban J connectivity index is 2.45. The number of aromatic nitrogens is 2. The molecular formula is C8H13N5O. The molecule has 6 heteroatoms. The van der Waals surface area contributed by atoms with Crippen LogP contribution in [0.2, 0.25) is 0 Å². The highest BCUT2D eigenvalue weighted by Crippen LogP contribution is 1.93. The van der Waals surface area contributed by atoms with Crippen LogP contribution in [0.5, 0.6) is 0 Å². The van der Waals surface area contributed by atoms with Gasteiger partial charge in [0.15, 0.2) is 5.84 Å². The molecule has 0 amide bonds. The Morgan fingerprint density at radius 3 is 2.79 bits per heavy atom. The highest BCUT2D eigenvalue weighted by atomic mass is 16.4. The molecule has 0 saturated carbocycles. The van der Waals surface area contributed by atoms with Crippen molar-refractivity contribution in [3.63, 3.8) is 0 Å². The molecule has 14 heavy (non-hydrogen) atoms. The van der Waals surface area contributed by atoms with Crippen molar-refractivity contribution in [1.29, 1.82) is 0 Å². The highest BCUT2D eigenvalue weighted by molar-refractivity contribution is 5.81. The van der Waals surface area contributed by atoms with Crippen LogP contribution in [0.15, 0.2) is 23.6 Å². The van der Waals surface area contributed by atoms with Gasteiger partial charge in [0.2, 0.25) is 0 Å². The van der Waals surface area contributed by atoms with Crippen molar-refractivity contribution in [2.45, 2.75) is 6.54 Å². The third kappa shape index (κ3) is 3.36. The molecule has 0 aromatic carbocycles.